The van der Waals surface area contributed by atoms with Gasteiger partial charge in [0.2, 0.25) is 0 Å². The average molecular weight is 228 g/mol. The van der Waals surface area contributed by atoms with Crippen LogP contribution in [0.3, 0.4) is 0 Å². The zero-order valence-electron chi connectivity index (χ0n) is 10.6. The maximum Gasteiger partial charge on any atom is 0.119 e. The Morgan fingerprint density at radius 2 is 2.00 bits per heavy atom. The second kappa shape index (κ2) is 7.50. The highest BCUT2D eigenvalue weighted by molar-refractivity contribution is 5.18. The molecule has 1 nitrogen and oxygen atoms in total. The van der Waals surface area contributed by atoms with E-state index in [1.54, 1.807) is 6.08 Å². The summed E-state index contributed by atoms with van der Waals surface area (Å²) in [5.41, 5.74) is 1.16. The molecule has 17 heavy (non-hydrogen) atoms. The van der Waals surface area contributed by atoms with Gasteiger partial charge in [0.25, 0.3) is 0 Å². The molecule has 0 N–H and O–H groups in total. The molecule has 0 aliphatic carbocycles. The number of benzene rings is 1. The maximum absolute atomic E-state index is 5.65. The summed E-state index contributed by atoms with van der Waals surface area (Å²) in [5, 5.41) is 0. The van der Waals surface area contributed by atoms with Crippen LogP contribution in [0.15, 0.2) is 67.0 Å². The zero-order chi connectivity index (χ0) is 12.5. The Morgan fingerprint density at radius 3 is 2.59 bits per heavy atom. The van der Waals surface area contributed by atoms with Crippen LogP contribution >= 0.6 is 0 Å². The van der Waals surface area contributed by atoms with Crippen molar-refractivity contribution in [3.63, 3.8) is 0 Å². The highest BCUT2D eigenvalue weighted by Gasteiger charge is 1.93. The number of ether oxygens (including phenoxy) is 1. The maximum atomic E-state index is 5.65. The van der Waals surface area contributed by atoms with Crippen molar-refractivity contribution in [3.05, 3.63) is 72.5 Å². The fourth-order valence-electron chi connectivity index (χ4n) is 1.29. The molecule has 0 aromatic heterocycles. The molecule has 0 aliphatic heterocycles. The van der Waals surface area contributed by atoms with Crippen molar-refractivity contribution in [2.75, 3.05) is 0 Å². The van der Waals surface area contributed by atoms with Gasteiger partial charge in [-0.15, -0.1) is 0 Å². The summed E-state index contributed by atoms with van der Waals surface area (Å²) in [6.07, 6.45) is 7.80. The normalized spacial score (nSPS) is 12.1. The lowest BCUT2D eigenvalue weighted by molar-refractivity contribution is 0.211. The summed E-state index contributed by atoms with van der Waals surface area (Å²) in [7, 11) is 0. The summed E-state index contributed by atoms with van der Waals surface area (Å²) < 4.78 is 5.65. The van der Waals surface area contributed by atoms with E-state index in [9.17, 15) is 0 Å². The van der Waals surface area contributed by atoms with Gasteiger partial charge >= 0.3 is 0 Å². The molecule has 1 aromatic carbocycles. The van der Waals surface area contributed by atoms with Crippen LogP contribution in [-0.4, -0.2) is 0 Å². The summed E-state index contributed by atoms with van der Waals surface area (Å²) in [6, 6.07) is 10.1. The van der Waals surface area contributed by atoms with Crippen LogP contribution in [0, 0.1) is 5.92 Å². The van der Waals surface area contributed by atoms with E-state index in [0.29, 0.717) is 12.5 Å². The third kappa shape index (κ3) is 5.76. The van der Waals surface area contributed by atoms with Crippen LogP contribution in [-0.2, 0) is 11.3 Å². The monoisotopic (exact) mass is 228 g/mol. The lowest BCUT2D eigenvalue weighted by Crippen LogP contribution is -1.91. The van der Waals surface area contributed by atoms with Crippen molar-refractivity contribution in [1.29, 1.82) is 0 Å². The Bertz CT molecular complexity index is 385. The van der Waals surface area contributed by atoms with E-state index in [0.717, 1.165) is 11.3 Å². The molecule has 0 unspecified atom stereocenters. The lowest BCUT2D eigenvalue weighted by Gasteiger charge is -2.06. The molecular weight excluding hydrogens is 208 g/mol. The summed E-state index contributed by atoms with van der Waals surface area (Å²) >= 11 is 0. The third-order valence-electron chi connectivity index (χ3n) is 2.21. The van der Waals surface area contributed by atoms with Gasteiger partial charge in [-0.1, -0.05) is 62.9 Å². The van der Waals surface area contributed by atoms with Crippen molar-refractivity contribution < 1.29 is 4.74 Å². The van der Waals surface area contributed by atoms with Gasteiger partial charge in [0.1, 0.15) is 12.4 Å². The minimum absolute atomic E-state index is 0.548. The second-order valence-corrected chi connectivity index (χ2v) is 4.18. The van der Waals surface area contributed by atoms with Crippen LogP contribution < -0.4 is 0 Å². The molecule has 0 radical (unpaired) electrons. The molecule has 1 heteroatoms. The predicted molar refractivity (Wildman–Crippen MR) is 73.5 cm³/mol. The molecule has 0 atom stereocenters. The van der Waals surface area contributed by atoms with Gasteiger partial charge in [-0.25, -0.2) is 0 Å². The fourth-order valence-corrected chi connectivity index (χ4v) is 1.29. The highest BCUT2D eigenvalue weighted by atomic mass is 16.5. The van der Waals surface area contributed by atoms with Gasteiger partial charge in [-0.3, -0.25) is 0 Å². The largest absolute Gasteiger partial charge is 0.489 e. The van der Waals surface area contributed by atoms with E-state index in [1.165, 1.54) is 0 Å². The van der Waals surface area contributed by atoms with Crippen molar-refractivity contribution in [2.45, 2.75) is 20.5 Å². The summed E-state index contributed by atoms with van der Waals surface area (Å²) in [6.45, 7) is 8.60. The SMILES string of the molecule is C=C/C(=C/C=C/C(C)C)OCc1ccccc1. The van der Waals surface area contributed by atoms with Crippen LogP contribution in [0.25, 0.3) is 0 Å². The molecule has 90 valence electrons. The number of hydrogen-bond acceptors (Lipinski definition) is 1. The Morgan fingerprint density at radius 1 is 1.29 bits per heavy atom. The molecule has 1 rings (SSSR count). The Kier molecular flexibility index (Phi) is 5.87. The second-order valence-electron chi connectivity index (χ2n) is 4.18. The van der Waals surface area contributed by atoms with Crippen LogP contribution in [0.1, 0.15) is 19.4 Å². The van der Waals surface area contributed by atoms with E-state index in [1.807, 2.05) is 42.5 Å². The van der Waals surface area contributed by atoms with Crippen molar-refractivity contribution >= 4 is 0 Å². The van der Waals surface area contributed by atoms with Crippen LogP contribution in [0.2, 0.25) is 0 Å². The van der Waals surface area contributed by atoms with Gasteiger partial charge < -0.3 is 4.74 Å². The first kappa shape index (κ1) is 13.3. The van der Waals surface area contributed by atoms with E-state index in [4.69, 9.17) is 4.74 Å². The minimum atomic E-state index is 0.548. The molecule has 0 aliphatic rings. The van der Waals surface area contributed by atoms with E-state index in [-0.39, 0.29) is 0 Å². The van der Waals surface area contributed by atoms with Gasteiger partial charge in [0.15, 0.2) is 0 Å². The quantitative estimate of drug-likeness (QED) is 0.515. The fraction of sp³-hybridized carbons (Fsp3) is 0.250. The number of hydrogen-bond donors (Lipinski definition) is 0. The molecule has 0 saturated heterocycles. The number of allylic oxidation sites excluding steroid dienone is 4. The van der Waals surface area contributed by atoms with Gasteiger partial charge in [-0.2, -0.15) is 0 Å². The van der Waals surface area contributed by atoms with Crippen LogP contribution in [0.5, 0.6) is 0 Å². The first-order valence-corrected chi connectivity index (χ1v) is 5.90. The van der Waals surface area contributed by atoms with Crippen LogP contribution in [0.4, 0.5) is 0 Å². The standard InChI is InChI=1S/C16H20O/c1-4-16(12-8-9-14(2)3)17-13-15-10-6-5-7-11-15/h4-12,14H,1,13H2,2-3H3/b9-8+,16-12-. The predicted octanol–water partition coefficient (Wildman–Crippen LogP) is 4.49. The van der Waals surface area contributed by atoms with E-state index < -0.39 is 0 Å². The van der Waals surface area contributed by atoms with Crippen molar-refractivity contribution in [3.8, 4) is 0 Å². The molecular formula is C16H20O. The molecule has 0 heterocycles. The first-order chi connectivity index (χ1) is 8.22. The third-order valence-corrected chi connectivity index (χ3v) is 2.21. The van der Waals surface area contributed by atoms with E-state index >= 15 is 0 Å². The summed E-state index contributed by atoms with van der Waals surface area (Å²) in [4.78, 5) is 0. The molecule has 0 fully saturated rings. The summed E-state index contributed by atoms with van der Waals surface area (Å²) in [5.74, 6) is 1.34. The van der Waals surface area contributed by atoms with Crippen molar-refractivity contribution in [2.24, 2.45) is 5.92 Å². The smallest absolute Gasteiger partial charge is 0.119 e. The Hall–Kier alpha value is -1.76. The Balaban J connectivity index is 2.50. The molecule has 0 bridgehead atoms. The van der Waals surface area contributed by atoms with Gasteiger partial charge in [0.05, 0.1) is 0 Å². The minimum Gasteiger partial charge on any atom is -0.489 e. The van der Waals surface area contributed by atoms with Crippen molar-refractivity contribution in [1.82, 2.24) is 0 Å². The zero-order valence-corrected chi connectivity index (χ0v) is 10.6. The Labute approximate surface area is 104 Å². The van der Waals surface area contributed by atoms with Gasteiger partial charge in [0, 0.05) is 0 Å². The average Bonchev–Trinajstić information content (AvgIpc) is 2.34. The molecule has 0 spiro atoms. The van der Waals surface area contributed by atoms with E-state index in [2.05, 4.69) is 26.5 Å². The first-order valence-electron chi connectivity index (χ1n) is 5.90. The van der Waals surface area contributed by atoms with Gasteiger partial charge in [-0.05, 0) is 23.6 Å². The highest BCUT2D eigenvalue weighted by Crippen LogP contribution is 2.07. The molecule has 0 amide bonds. The molecule has 1 aromatic rings. The number of rotatable bonds is 6. The molecule has 0 saturated carbocycles. The topological polar surface area (TPSA) is 9.23 Å². The lowest BCUT2D eigenvalue weighted by atomic mass is 10.2.